The second kappa shape index (κ2) is 6.53. The number of nitrogens with two attached hydrogens (primary N) is 1. The minimum atomic E-state index is -0.0540. The normalized spacial score (nSPS) is 20.2. The lowest BCUT2D eigenvalue weighted by Gasteiger charge is -2.16. The van der Waals surface area contributed by atoms with Gasteiger partial charge < -0.3 is 10.6 Å². The first kappa shape index (κ1) is 16.7. The average Bonchev–Trinajstić information content (AvgIpc) is 3.25. The Morgan fingerprint density at radius 3 is 2.69 bits per heavy atom. The first-order valence-electron chi connectivity index (χ1n) is 8.97. The maximum atomic E-state index is 13.0. The number of fused-ring (bicyclic) bond motifs is 1. The number of carbonyl (C=O) groups is 1. The van der Waals surface area contributed by atoms with E-state index in [9.17, 15) is 4.79 Å². The van der Waals surface area contributed by atoms with Gasteiger partial charge in [-0.15, -0.1) is 0 Å². The van der Waals surface area contributed by atoms with Crippen LogP contribution in [0, 0.1) is 0 Å². The molecule has 0 saturated carbocycles. The highest BCUT2D eigenvalue weighted by Crippen LogP contribution is 2.28. The topological polar surface area (TPSA) is 77.0 Å². The number of rotatable bonds is 3. The fourth-order valence-corrected chi connectivity index (χ4v) is 3.67. The van der Waals surface area contributed by atoms with E-state index in [0.717, 1.165) is 11.0 Å². The summed E-state index contributed by atoms with van der Waals surface area (Å²) in [6.45, 7) is 5.31. The number of aromatic nitrogens is 3. The summed E-state index contributed by atoms with van der Waals surface area (Å²) in [5, 5.41) is 5.25. The number of hydrogen-bond donors (Lipinski definition) is 1. The molecule has 1 saturated heterocycles. The molecule has 6 heteroatoms. The zero-order valence-electron chi connectivity index (χ0n) is 15.0. The van der Waals surface area contributed by atoms with Gasteiger partial charge in [-0.2, -0.15) is 5.10 Å². The number of pyridine rings is 1. The average molecular weight is 349 g/mol. The lowest BCUT2D eigenvalue weighted by molar-refractivity contribution is 0.0789. The molecule has 26 heavy (non-hydrogen) atoms. The number of hydrogen-bond acceptors (Lipinski definition) is 4. The van der Waals surface area contributed by atoms with Gasteiger partial charge in [-0.1, -0.05) is 30.3 Å². The van der Waals surface area contributed by atoms with Crippen molar-refractivity contribution >= 4 is 16.9 Å². The Kier molecular flexibility index (Phi) is 4.20. The van der Waals surface area contributed by atoms with Crippen molar-refractivity contribution in [2.24, 2.45) is 5.73 Å². The van der Waals surface area contributed by atoms with Crippen LogP contribution in [0.2, 0.25) is 0 Å². The number of likely N-dealkylation sites (tertiary alicyclic amines) is 1. The Morgan fingerprint density at radius 1 is 1.19 bits per heavy atom. The van der Waals surface area contributed by atoms with Crippen molar-refractivity contribution < 1.29 is 4.79 Å². The molecule has 1 amide bonds. The summed E-state index contributed by atoms with van der Waals surface area (Å²) in [5.74, 6) is 0.145. The van der Waals surface area contributed by atoms with E-state index in [0.29, 0.717) is 18.7 Å². The van der Waals surface area contributed by atoms with Gasteiger partial charge >= 0.3 is 0 Å². The molecule has 1 aliphatic heterocycles. The van der Waals surface area contributed by atoms with Crippen molar-refractivity contribution in [3.8, 4) is 0 Å². The largest absolute Gasteiger partial charge is 0.336 e. The van der Waals surface area contributed by atoms with E-state index in [-0.39, 0.29) is 23.9 Å². The van der Waals surface area contributed by atoms with Crippen molar-refractivity contribution in [2.75, 3.05) is 13.1 Å². The highest BCUT2D eigenvalue weighted by atomic mass is 16.2. The van der Waals surface area contributed by atoms with Crippen LogP contribution < -0.4 is 5.73 Å². The molecule has 4 rings (SSSR count). The predicted octanol–water partition coefficient (Wildman–Crippen LogP) is 2.58. The number of benzene rings is 1. The number of nitrogens with zero attached hydrogens (tertiary/aromatic N) is 4. The van der Waals surface area contributed by atoms with E-state index in [4.69, 9.17) is 5.73 Å². The van der Waals surface area contributed by atoms with Crippen molar-refractivity contribution in [1.82, 2.24) is 19.7 Å². The van der Waals surface area contributed by atoms with Gasteiger partial charge in [-0.05, 0) is 25.5 Å². The Labute approximate surface area is 152 Å². The van der Waals surface area contributed by atoms with Crippen LogP contribution in [0.3, 0.4) is 0 Å². The molecule has 0 bridgehead atoms. The molecule has 2 N–H and O–H groups in total. The Morgan fingerprint density at radius 2 is 1.96 bits per heavy atom. The quantitative estimate of drug-likeness (QED) is 0.788. The van der Waals surface area contributed by atoms with Crippen molar-refractivity contribution in [2.45, 2.75) is 31.8 Å². The number of carbonyl (C=O) groups excluding carboxylic acids is 1. The summed E-state index contributed by atoms with van der Waals surface area (Å²) in [6.07, 6.45) is 3.41. The monoisotopic (exact) mass is 349 g/mol. The van der Waals surface area contributed by atoms with Crippen LogP contribution in [-0.2, 0) is 0 Å². The third-order valence-corrected chi connectivity index (χ3v) is 5.05. The van der Waals surface area contributed by atoms with Gasteiger partial charge in [0, 0.05) is 42.7 Å². The predicted molar refractivity (Wildman–Crippen MR) is 101 cm³/mol. The zero-order valence-corrected chi connectivity index (χ0v) is 15.0. The van der Waals surface area contributed by atoms with Crippen molar-refractivity contribution in [3.63, 3.8) is 0 Å². The Bertz CT molecular complexity index is 934. The maximum Gasteiger partial charge on any atom is 0.255 e. The van der Waals surface area contributed by atoms with Crippen molar-refractivity contribution in [3.05, 3.63) is 59.9 Å². The van der Waals surface area contributed by atoms with Crippen LogP contribution in [0.15, 0.2) is 48.8 Å². The Balaban J connectivity index is 1.57. The lowest BCUT2D eigenvalue weighted by atomic mass is 9.95. The molecule has 3 aromatic rings. The molecule has 0 radical (unpaired) electrons. The highest BCUT2D eigenvalue weighted by molar-refractivity contribution is 5.97. The summed E-state index contributed by atoms with van der Waals surface area (Å²) in [4.78, 5) is 19.3. The standard InChI is InChI=1S/C20H23N5O/c1-13(2)25-19-15(10-23-25)8-16(9-22-19)20(26)24-11-17(18(21)12-24)14-6-4-3-5-7-14/h3-10,13,17-18H,11-12,21H2,1-2H3/t17-,18+/m0/s1. The van der Waals surface area contributed by atoms with Gasteiger partial charge in [0.05, 0.1) is 11.8 Å². The van der Waals surface area contributed by atoms with E-state index in [2.05, 4.69) is 36.1 Å². The van der Waals surface area contributed by atoms with Gasteiger partial charge in [0.2, 0.25) is 0 Å². The minimum Gasteiger partial charge on any atom is -0.336 e. The van der Waals surface area contributed by atoms with Crippen LogP contribution in [0.25, 0.3) is 11.0 Å². The molecular formula is C20H23N5O. The van der Waals surface area contributed by atoms with E-state index < -0.39 is 0 Å². The van der Waals surface area contributed by atoms with Crippen LogP contribution in [0.1, 0.15) is 41.7 Å². The molecule has 1 fully saturated rings. The molecule has 0 aliphatic carbocycles. The van der Waals surface area contributed by atoms with Gasteiger partial charge in [0.1, 0.15) is 0 Å². The molecule has 2 aromatic heterocycles. The van der Waals surface area contributed by atoms with E-state index >= 15 is 0 Å². The molecule has 3 heterocycles. The van der Waals surface area contributed by atoms with E-state index in [1.807, 2.05) is 33.8 Å². The Hall–Kier alpha value is -2.73. The first-order valence-corrected chi connectivity index (χ1v) is 8.97. The molecule has 1 aliphatic rings. The molecule has 2 atom stereocenters. The third-order valence-electron chi connectivity index (χ3n) is 5.05. The summed E-state index contributed by atoms with van der Waals surface area (Å²) >= 11 is 0. The van der Waals surface area contributed by atoms with E-state index in [1.165, 1.54) is 5.56 Å². The maximum absolute atomic E-state index is 13.0. The smallest absolute Gasteiger partial charge is 0.255 e. The molecule has 0 spiro atoms. The number of amides is 1. The van der Waals surface area contributed by atoms with Crippen LogP contribution in [0.4, 0.5) is 0 Å². The van der Waals surface area contributed by atoms with Gasteiger partial charge in [-0.25, -0.2) is 9.67 Å². The second-order valence-electron chi connectivity index (χ2n) is 7.21. The van der Waals surface area contributed by atoms with Crippen molar-refractivity contribution in [1.29, 1.82) is 0 Å². The third kappa shape index (κ3) is 2.86. The first-order chi connectivity index (χ1) is 12.5. The summed E-state index contributed by atoms with van der Waals surface area (Å²) in [5.41, 5.74) is 8.89. The highest BCUT2D eigenvalue weighted by Gasteiger charge is 2.34. The fraction of sp³-hybridized carbons (Fsp3) is 0.350. The lowest BCUT2D eigenvalue weighted by Crippen LogP contribution is -2.32. The zero-order chi connectivity index (χ0) is 18.3. The SMILES string of the molecule is CC(C)n1ncc2cc(C(=O)N3C[C@@H](N)[C@H](c4ccccc4)C3)cnc21. The summed E-state index contributed by atoms with van der Waals surface area (Å²) < 4.78 is 1.86. The van der Waals surface area contributed by atoms with Crippen LogP contribution in [0.5, 0.6) is 0 Å². The molecule has 6 nitrogen and oxygen atoms in total. The molecule has 1 aromatic carbocycles. The minimum absolute atomic E-state index is 0.0226. The molecular weight excluding hydrogens is 326 g/mol. The molecule has 134 valence electrons. The van der Waals surface area contributed by atoms with Gasteiger partial charge in [-0.3, -0.25) is 4.79 Å². The second-order valence-corrected chi connectivity index (χ2v) is 7.21. The summed E-state index contributed by atoms with van der Waals surface area (Å²) in [6, 6.07) is 12.2. The molecule has 0 unspecified atom stereocenters. The fourth-order valence-electron chi connectivity index (χ4n) is 3.67. The summed E-state index contributed by atoms with van der Waals surface area (Å²) in [7, 11) is 0. The van der Waals surface area contributed by atoms with Crippen LogP contribution >= 0.6 is 0 Å². The van der Waals surface area contributed by atoms with Crippen LogP contribution in [-0.4, -0.2) is 44.7 Å². The van der Waals surface area contributed by atoms with Gasteiger partial charge in [0.15, 0.2) is 5.65 Å². The van der Waals surface area contributed by atoms with Gasteiger partial charge in [0.25, 0.3) is 5.91 Å². The van der Waals surface area contributed by atoms with E-state index in [1.54, 1.807) is 12.4 Å².